The number of anilines is 1. The third-order valence-corrected chi connectivity index (χ3v) is 6.64. The van der Waals surface area contributed by atoms with E-state index in [1.807, 2.05) is 73.7 Å². The molecule has 0 bridgehead atoms. The summed E-state index contributed by atoms with van der Waals surface area (Å²) in [5.41, 5.74) is 4.48. The van der Waals surface area contributed by atoms with Gasteiger partial charge in [0.2, 0.25) is 0 Å². The van der Waals surface area contributed by atoms with Gasteiger partial charge in [0.25, 0.3) is 5.91 Å². The molecule has 0 unspecified atom stereocenters. The summed E-state index contributed by atoms with van der Waals surface area (Å²) in [5.74, 6) is -0.237. The van der Waals surface area contributed by atoms with Crippen molar-refractivity contribution in [2.45, 2.75) is 6.92 Å². The molecule has 0 atom stereocenters. The lowest BCUT2D eigenvalue weighted by Crippen LogP contribution is -2.34. The molecule has 5 aromatic rings. The third kappa shape index (κ3) is 3.86. The van der Waals surface area contributed by atoms with Gasteiger partial charge in [-0.2, -0.15) is 0 Å². The number of hydrogen-bond donors (Lipinski definition) is 2. The number of thiocarbonyl (C=S) groups is 1. The molecule has 0 aliphatic rings. The van der Waals surface area contributed by atoms with E-state index in [1.54, 1.807) is 17.4 Å². The van der Waals surface area contributed by atoms with Gasteiger partial charge in [-0.25, -0.2) is 4.98 Å². The Morgan fingerprint density at radius 2 is 1.66 bits per heavy atom. The van der Waals surface area contributed by atoms with Gasteiger partial charge in [0, 0.05) is 16.8 Å². The van der Waals surface area contributed by atoms with E-state index in [4.69, 9.17) is 17.2 Å². The van der Waals surface area contributed by atoms with Crippen LogP contribution in [0.4, 0.5) is 5.69 Å². The third-order valence-electron chi connectivity index (χ3n) is 5.37. The van der Waals surface area contributed by atoms with Crippen molar-refractivity contribution in [1.29, 1.82) is 0 Å². The zero-order chi connectivity index (χ0) is 22.1. The Bertz CT molecular complexity index is 1450. The molecule has 6 heteroatoms. The summed E-state index contributed by atoms with van der Waals surface area (Å²) in [6, 6.07) is 27.5. The lowest BCUT2D eigenvalue weighted by atomic mass is 10.0. The van der Waals surface area contributed by atoms with Crippen LogP contribution < -0.4 is 10.6 Å². The molecule has 156 valence electrons. The van der Waals surface area contributed by atoms with Gasteiger partial charge in [0.15, 0.2) is 5.11 Å². The number of amides is 1. The number of rotatable bonds is 3. The molecular formula is C26H19N3OS2. The van der Waals surface area contributed by atoms with Crippen LogP contribution in [0.1, 0.15) is 15.9 Å². The standard InChI is InChI=1S/C26H19N3OS2/c1-16-18(25-27-22-13-4-5-15-23(22)32-25)11-7-14-21(16)28-26(31)29-24(30)20-12-6-9-17-8-2-3-10-19(17)20/h2-15H,1H3,(H2,28,29,30,31). The molecular weight excluding hydrogens is 434 g/mol. The average molecular weight is 454 g/mol. The van der Waals surface area contributed by atoms with Gasteiger partial charge in [-0.15, -0.1) is 11.3 Å². The van der Waals surface area contributed by atoms with E-state index >= 15 is 0 Å². The van der Waals surface area contributed by atoms with Crippen molar-refractivity contribution in [3.8, 4) is 10.6 Å². The minimum Gasteiger partial charge on any atom is -0.332 e. The molecule has 0 aliphatic heterocycles. The fourth-order valence-corrected chi connectivity index (χ4v) is 4.99. The van der Waals surface area contributed by atoms with Crippen molar-refractivity contribution in [3.63, 3.8) is 0 Å². The van der Waals surface area contributed by atoms with E-state index in [0.29, 0.717) is 5.56 Å². The molecule has 4 aromatic carbocycles. The van der Waals surface area contributed by atoms with Gasteiger partial charge in [0.1, 0.15) is 5.01 Å². The molecule has 4 nitrogen and oxygen atoms in total. The minimum atomic E-state index is -0.237. The Morgan fingerprint density at radius 3 is 2.53 bits per heavy atom. The van der Waals surface area contributed by atoms with Crippen molar-refractivity contribution in [3.05, 3.63) is 96.1 Å². The highest BCUT2D eigenvalue weighted by Crippen LogP contribution is 2.34. The molecule has 0 radical (unpaired) electrons. The lowest BCUT2D eigenvalue weighted by Gasteiger charge is -2.14. The fraction of sp³-hybridized carbons (Fsp3) is 0.0385. The smallest absolute Gasteiger partial charge is 0.258 e. The number of hydrogen-bond acceptors (Lipinski definition) is 4. The number of aromatic nitrogens is 1. The van der Waals surface area contributed by atoms with Crippen LogP contribution >= 0.6 is 23.6 Å². The molecule has 1 amide bonds. The number of benzene rings is 4. The van der Waals surface area contributed by atoms with Crippen molar-refractivity contribution in [1.82, 2.24) is 10.3 Å². The van der Waals surface area contributed by atoms with Gasteiger partial charge in [-0.1, -0.05) is 60.7 Å². The first-order chi connectivity index (χ1) is 15.6. The predicted octanol–water partition coefficient (Wildman–Crippen LogP) is 6.55. The van der Waals surface area contributed by atoms with E-state index in [0.717, 1.165) is 42.8 Å². The highest BCUT2D eigenvalue weighted by molar-refractivity contribution is 7.80. The van der Waals surface area contributed by atoms with E-state index in [1.165, 1.54) is 0 Å². The Labute approximate surface area is 194 Å². The summed E-state index contributed by atoms with van der Waals surface area (Å²) in [7, 11) is 0. The largest absolute Gasteiger partial charge is 0.332 e. The van der Waals surface area contributed by atoms with Crippen LogP contribution in [0.25, 0.3) is 31.6 Å². The van der Waals surface area contributed by atoms with Gasteiger partial charge < -0.3 is 5.32 Å². The zero-order valence-electron chi connectivity index (χ0n) is 17.3. The highest BCUT2D eigenvalue weighted by Gasteiger charge is 2.14. The average Bonchev–Trinajstić information content (AvgIpc) is 3.24. The molecule has 0 spiro atoms. The van der Waals surface area contributed by atoms with Crippen molar-refractivity contribution in [2.75, 3.05) is 5.32 Å². The van der Waals surface area contributed by atoms with E-state index in [-0.39, 0.29) is 11.0 Å². The second-order valence-corrected chi connectivity index (χ2v) is 8.84. The maximum atomic E-state index is 12.9. The van der Waals surface area contributed by atoms with Gasteiger partial charge in [-0.05, 0) is 59.7 Å². The molecule has 0 saturated heterocycles. The van der Waals surface area contributed by atoms with Gasteiger partial charge in [-0.3, -0.25) is 10.1 Å². The Hall–Kier alpha value is -3.61. The van der Waals surface area contributed by atoms with E-state index in [2.05, 4.69) is 22.8 Å². The summed E-state index contributed by atoms with van der Waals surface area (Å²) in [6.45, 7) is 2.03. The van der Waals surface area contributed by atoms with E-state index in [9.17, 15) is 4.79 Å². The SMILES string of the molecule is Cc1c(NC(=S)NC(=O)c2cccc3ccccc23)cccc1-c1nc2ccccc2s1. The first-order valence-electron chi connectivity index (χ1n) is 10.2. The topological polar surface area (TPSA) is 54.0 Å². The van der Waals surface area contributed by atoms with Crippen LogP contribution in [-0.2, 0) is 0 Å². The highest BCUT2D eigenvalue weighted by atomic mass is 32.1. The van der Waals surface area contributed by atoms with Crippen LogP contribution in [0.5, 0.6) is 0 Å². The summed E-state index contributed by atoms with van der Waals surface area (Å²) >= 11 is 7.11. The quantitative estimate of drug-likeness (QED) is 0.304. The zero-order valence-corrected chi connectivity index (χ0v) is 18.9. The van der Waals surface area contributed by atoms with Crippen molar-refractivity contribution in [2.24, 2.45) is 0 Å². The Balaban J connectivity index is 1.37. The number of carbonyl (C=O) groups is 1. The van der Waals surface area contributed by atoms with Crippen LogP contribution in [0.3, 0.4) is 0 Å². The van der Waals surface area contributed by atoms with E-state index < -0.39 is 0 Å². The van der Waals surface area contributed by atoms with Crippen LogP contribution in [0.15, 0.2) is 84.9 Å². The molecule has 0 saturated carbocycles. The molecule has 32 heavy (non-hydrogen) atoms. The van der Waals surface area contributed by atoms with Crippen molar-refractivity contribution < 1.29 is 4.79 Å². The van der Waals surface area contributed by atoms with Crippen LogP contribution in [0.2, 0.25) is 0 Å². The van der Waals surface area contributed by atoms with Gasteiger partial charge >= 0.3 is 0 Å². The molecule has 0 fully saturated rings. The number of nitrogens with one attached hydrogen (secondary N) is 2. The van der Waals surface area contributed by atoms with Gasteiger partial charge in [0.05, 0.1) is 10.2 Å². The lowest BCUT2D eigenvalue weighted by molar-refractivity contribution is 0.0979. The van der Waals surface area contributed by atoms with Crippen LogP contribution in [0, 0.1) is 6.92 Å². The van der Waals surface area contributed by atoms with Crippen molar-refractivity contribution >= 4 is 61.3 Å². The number of fused-ring (bicyclic) bond motifs is 2. The monoisotopic (exact) mass is 453 g/mol. The van der Waals surface area contributed by atoms with Crippen LogP contribution in [-0.4, -0.2) is 16.0 Å². The Kier molecular flexibility index (Phi) is 5.39. The molecule has 5 rings (SSSR count). The summed E-state index contributed by atoms with van der Waals surface area (Å²) < 4.78 is 1.15. The summed E-state index contributed by atoms with van der Waals surface area (Å²) in [5, 5.41) is 9.11. The molecule has 1 aromatic heterocycles. The number of carbonyl (C=O) groups excluding carboxylic acids is 1. The second-order valence-electron chi connectivity index (χ2n) is 7.40. The number of para-hydroxylation sites is 1. The minimum absolute atomic E-state index is 0.237. The molecule has 2 N–H and O–H groups in total. The Morgan fingerprint density at radius 1 is 0.906 bits per heavy atom. The first-order valence-corrected chi connectivity index (χ1v) is 11.4. The molecule has 1 heterocycles. The maximum absolute atomic E-state index is 12.9. The molecule has 0 aliphatic carbocycles. The predicted molar refractivity (Wildman–Crippen MR) is 137 cm³/mol. The number of nitrogens with zero attached hydrogens (tertiary/aromatic N) is 1. The summed E-state index contributed by atoms with van der Waals surface area (Å²) in [6.07, 6.45) is 0. The maximum Gasteiger partial charge on any atom is 0.258 e. The second kappa shape index (κ2) is 8.49. The first kappa shape index (κ1) is 20.3. The number of thiazole rings is 1. The summed E-state index contributed by atoms with van der Waals surface area (Å²) in [4.78, 5) is 17.7. The fourth-order valence-electron chi connectivity index (χ4n) is 3.74. The normalized spacial score (nSPS) is 10.9.